The van der Waals surface area contributed by atoms with E-state index in [0.717, 1.165) is 67.7 Å². The maximum Gasteiger partial charge on any atom is 0.222 e. The molecule has 6 heteroatoms. The van der Waals surface area contributed by atoms with Gasteiger partial charge in [-0.3, -0.25) is 0 Å². The smallest absolute Gasteiger partial charge is 0.222 e. The van der Waals surface area contributed by atoms with Crippen LogP contribution in [0.2, 0.25) is 0 Å². The first-order valence-corrected chi connectivity index (χ1v) is 10.0. The number of hydrogen-bond donors (Lipinski definition) is 1. The van der Waals surface area contributed by atoms with Crippen molar-refractivity contribution >= 4 is 11.5 Å². The largest absolute Gasteiger partial charge is 0.471 e. The number of nitrogens with two attached hydrogens (primary N) is 1. The van der Waals surface area contributed by atoms with E-state index in [0.29, 0.717) is 12.1 Å². The molecule has 2 saturated heterocycles. The number of ether oxygens (including phenoxy) is 2. The summed E-state index contributed by atoms with van der Waals surface area (Å²) in [4.78, 5) is 12.4. The molecule has 1 aliphatic carbocycles. The van der Waals surface area contributed by atoms with Crippen molar-refractivity contribution in [2.75, 3.05) is 23.8 Å². The van der Waals surface area contributed by atoms with Crippen LogP contribution in [0.4, 0.5) is 11.5 Å². The highest BCUT2D eigenvalue weighted by atomic mass is 16.5. The Kier molecular flexibility index (Phi) is 3.24. The van der Waals surface area contributed by atoms with Crippen LogP contribution in [0.3, 0.4) is 0 Å². The number of anilines is 2. The third-order valence-electron chi connectivity index (χ3n) is 6.55. The molecule has 2 N–H and O–H groups in total. The third kappa shape index (κ3) is 2.50. The quantitative estimate of drug-likeness (QED) is 0.826. The zero-order valence-electron chi connectivity index (χ0n) is 15.4. The van der Waals surface area contributed by atoms with E-state index in [1.165, 1.54) is 18.4 Å². The fraction of sp³-hybridized carbons (Fsp3) is 0.524. The molecule has 1 spiro atoms. The highest BCUT2D eigenvalue weighted by Gasteiger charge is 2.49. The lowest BCUT2D eigenvalue weighted by atomic mass is 10.0. The van der Waals surface area contributed by atoms with Crippen LogP contribution in [0, 0.1) is 0 Å². The molecule has 27 heavy (non-hydrogen) atoms. The monoisotopic (exact) mass is 364 g/mol. The van der Waals surface area contributed by atoms with Gasteiger partial charge in [-0.25, -0.2) is 4.98 Å². The lowest BCUT2D eigenvalue weighted by Gasteiger charge is -2.38. The van der Waals surface area contributed by atoms with Gasteiger partial charge in [-0.2, -0.15) is 4.98 Å². The van der Waals surface area contributed by atoms with Gasteiger partial charge in [0.05, 0.1) is 30.9 Å². The molecule has 1 saturated carbocycles. The second-order valence-electron chi connectivity index (χ2n) is 8.39. The van der Waals surface area contributed by atoms with Gasteiger partial charge >= 0.3 is 0 Å². The summed E-state index contributed by atoms with van der Waals surface area (Å²) in [5.74, 6) is 2.59. The maximum atomic E-state index is 6.40. The Morgan fingerprint density at radius 1 is 1.00 bits per heavy atom. The number of aromatic nitrogens is 2. The zero-order chi connectivity index (χ0) is 18.0. The molecule has 1 aromatic heterocycles. The van der Waals surface area contributed by atoms with Crippen molar-refractivity contribution in [3.63, 3.8) is 0 Å². The molecule has 2 aromatic rings. The highest BCUT2D eigenvalue weighted by molar-refractivity contribution is 5.65. The number of hydrogen-bond acceptors (Lipinski definition) is 6. The Bertz CT molecular complexity index is 878. The van der Waals surface area contributed by atoms with E-state index in [9.17, 15) is 0 Å². The van der Waals surface area contributed by atoms with Crippen molar-refractivity contribution in [3.8, 4) is 17.3 Å². The minimum Gasteiger partial charge on any atom is -0.471 e. The molecule has 2 bridgehead atoms. The molecule has 0 radical (unpaired) electrons. The van der Waals surface area contributed by atoms with Gasteiger partial charge in [-0.05, 0) is 62.8 Å². The minimum atomic E-state index is 0.0427. The molecule has 1 aromatic carbocycles. The van der Waals surface area contributed by atoms with Crippen molar-refractivity contribution in [3.05, 3.63) is 29.8 Å². The summed E-state index contributed by atoms with van der Waals surface area (Å²) in [6.45, 7) is 1.58. The molecule has 0 amide bonds. The molecule has 4 aliphatic rings. The van der Waals surface area contributed by atoms with Crippen molar-refractivity contribution in [1.82, 2.24) is 9.97 Å². The third-order valence-corrected chi connectivity index (χ3v) is 6.55. The van der Waals surface area contributed by atoms with Gasteiger partial charge in [0, 0.05) is 11.3 Å². The molecule has 3 aliphatic heterocycles. The summed E-state index contributed by atoms with van der Waals surface area (Å²) >= 11 is 0. The fourth-order valence-electron chi connectivity index (χ4n) is 4.80. The van der Waals surface area contributed by atoms with Gasteiger partial charge in [0.1, 0.15) is 11.4 Å². The number of nitrogen functional groups attached to an aromatic ring is 1. The van der Waals surface area contributed by atoms with Gasteiger partial charge in [-0.1, -0.05) is 0 Å². The van der Waals surface area contributed by atoms with E-state index in [2.05, 4.69) is 4.90 Å². The van der Waals surface area contributed by atoms with Gasteiger partial charge < -0.3 is 20.1 Å². The van der Waals surface area contributed by atoms with E-state index in [1.807, 2.05) is 24.3 Å². The molecule has 140 valence electrons. The Labute approximate surface area is 158 Å². The molecule has 3 fully saturated rings. The number of benzene rings is 1. The first-order valence-electron chi connectivity index (χ1n) is 10.0. The average molecular weight is 364 g/mol. The number of rotatable bonds is 2. The first-order chi connectivity index (χ1) is 13.2. The summed E-state index contributed by atoms with van der Waals surface area (Å²) in [6, 6.07) is 8.62. The molecule has 6 rings (SSSR count). The highest BCUT2D eigenvalue weighted by Crippen LogP contribution is 2.50. The Hall–Kier alpha value is -2.34. The molecular weight excluding hydrogens is 340 g/mol. The van der Waals surface area contributed by atoms with E-state index >= 15 is 0 Å². The van der Waals surface area contributed by atoms with Crippen LogP contribution in [-0.2, 0) is 11.2 Å². The van der Waals surface area contributed by atoms with E-state index in [4.69, 9.17) is 25.2 Å². The second kappa shape index (κ2) is 5.58. The zero-order valence-corrected chi connectivity index (χ0v) is 15.4. The van der Waals surface area contributed by atoms with Crippen molar-refractivity contribution in [2.24, 2.45) is 0 Å². The van der Waals surface area contributed by atoms with Gasteiger partial charge in [0.2, 0.25) is 5.88 Å². The summed E-state index contributed by atoms with van der Waals surface area (Å²) < 4.78 is 12.2. The Morgan fingerprint density at radius 3 is 2.44 bits per heavy atom. The van der Waals surface area contributed by atoms with Crippen molar-refractivity contribution in [1.29, 1.82) is 0 Å². The molecule has 6 nitrogen and oxygen atoms in total. The van der Waals surface area contributed by atoms with Crippen LogP contribution >= 0.6 is 0 Å². The SMILES string of the molecule is Nc1ccc(-c2nc3c(c(N4C5CCC4COC5)n2)CCC2(CC2)O3)cc1. The minimum absolute atomic E-state index is 0.0427. The van der Waals surface area contributed by atoms with Gasteiger partial charge in [0.25, 0.3) is 0 Å². The predicted molar refractivity (Wildman–Crippen MR) is 103 cm³/mol. The standard InChI is InChI=1S/C21H24N4O2/c22-14-3-1-13(2-4-14)18-23-19(25-15-5-6-16(25)12-26-11-15)17-7-8-21(9-10-21)27-20(17)24-18/h1-4,15-16H,5-12,22H2. The molecule has 2 unspecified atom stereocenters. The Balaban J connectivity index is 1.49. The topological polar surface area (TPSA) is 73.5 Å². The molecular formula is C21H24N4O2. The first kappa shape index (κ1) is 15.7. The lowest BCUT2D eigenvalue weighted by molar-refractivity contribution is 0.0896. The van der Waals surface area contributed by atoms with E-state index < -0.39 is 0 Å². The maximum absolute atomic E-state index is 6.40. The van der Waals surface area contributed by atoms with Gasteiger partial charge in [0.15, 0.2) is 5.82 Å². The summed E-state index contributed by atoms with van der Waals surface area (Å²) in [5, 5.41) is 0. The van der Waals surface area contributed by atoms with E-state index in [1.54, 1.807) is 0 Å². The van der Waals surface area contributed by atoms with Crippen LogP contribution in [0.1, 0.15) is 37.7 Å². The second-order valence-corrected chi connectivity index (χ2v) is 8.39. The molecule has 2 atom stereocenters. The van der Waals surface area contributed by atoms with Crippen LogP contribution in [0.25, 0.3) is 11.4 Å². The summed E-state index contributed by atoms with van der Waals surface area (Å²) in [7, 11) is 0. The summed E-state index contributed by atoms with van der Waals surface area (Å²) in [5.41, 5.74) is 8.82. The van der Waals surface area contributed by atoms with Crippen molar-refractivity contribution < 1.29 is 9.47 Å². The average Bonchev–Trinajstić information content (AvgIpc) is 3.38. The van der Waals surface area contributed by atoms with Gasteiger partial charge in [-0.15, -0.1) is 0 Å². The predicted octanol–water partition coefficient (Wildman–Crippen LogP) is 2.95. The van der Waals surface area contributed by atoms with E-state index in [-0.39, 0.29) is 5.60 Å². The van der Waals surface area contributed by atoms with Crippen LogP contribution in [0.5, 0.6) is 5.88 Å². The number of fused-ring (bicyclic) bond motifs is 3. The lowest BCUT2D eigenvalue weighted by Crippen LogP contribution is -2.47. The molecule has 4 heterocycles. The van der Waals surface area contributed by atoms with Crippen molar-refractivity contribution in [2.45, 2.75) is 56.2 Å². The number of morpholine rings is 1. The summed E-state index contributed by atoms with van der Waals surface area (Å²) in [6.07, 6.45) is 6.72. The van der Waals surface area contributed by atoms with Crippen LogP contribution in [0.15, 0.2) is 24.3 Å². The van der Waals surface area contributed by atoms with Crippen LogP contribution < -0.4 is 15.4 Å². The van der Waals surface area contributed by atoms with Crippen LogP contribution in [-0.4, -0.2) is 40.9 Å². The Morgan fingerprint density at radius 2 is 1.74 bits per heavy atom. The fourth-order valence-corrected chi connectivity index (χ4v) is 4.80. The normalized spacial score (nSPS) is 27.3. The number of nitrogens with zero attached hydrogens (tertiary/aromatic N) is 3.